The van der Waals surface area contributed by atoms with Crippen molar-refractivity contribution in [1.82, 2.24) is 14.8 Å². The number of aromatic nitrogens is 3. The maximum atomic E-state index is 12.6. The summed E-state index contributed by atoms with van der Waals surface area (Å²) in [5.41, 5.74) is 0.876. The van der Waals surface area contributed by atoms with Crippen LogP contribution < -0.4 is 4.72 Å². The Morgan fingerprint density at radius 2 is 1.96 bits per heavy atom. The lowest BCUT2D eigenvalue weighted by atomic mass is 10.2. The van der Waals surface area contributed by atoms with E-state index in [1.165, 1.54) is 29.5 Å². The Morgan fingerprint density at radius 1 is 1.20 bits per heavy atom. The Bertz CT molecular complexity index is 1030. The molecule has 0 atom stereocenters. The molecule has 0 spiro atoms. The fourth-order valence-electron chi connectivity index (χ4n) is 2.25. The summed E-state index contributed by atoms with van der Waals surface area (Å²) in [7, 11) is -4.02. The second-order valence-corrected chi connectivity index (χ2v) is 6.85. The molecular formula is C15H13N5O4S. The molecule has 0 amide bonds. The van der Waals surface area contributed by atoms with Crippen LogP contribution in [-0.4, -0.2) is 28.1 Å². The van der Waals surface area contributed by atoms with Crippen molar-refractivity contribution in [3.63, 3.8) is 0 Å². The molecule has 3 rings (SSSR count). The third kappa shape index (κ3) is 3.33. The number of nitrogens with zero attached hydrogens (tertiary/aromatic N) is 4. The second kappa shape index (κ2) is 6.32. The van der Waals surface area contributed by atoms with Gasteiger partial charge in [-0.25, -0.2) is 18.1 Å². The summed E-state index contributed by atoms with van der Waals surface area (Å²) >= 11 is 0. The van der Waals surface area contributed by atoms with E-state index in [0.29, 0.717) is 11.3 Å². The molecule has 0 bridgehead atoms. The van der Waals surface area contributed by atoms with E-state index in [9.17, 15) is 18.5 Å². The molecule has 0 fully saturated rings. The molecule has 0 aliphatic carbocycles. The molecule has 25 heavy (non-hydrogen) atoms. The molecule has 128 valence electrons. The SMILES string of the molecule is Cc1ccc(S(=O)(=O)Nc2ccccc2-n2cncn2)cc1[N+](=O)[O-]. The lowest BCUT2D eigenvalue weighted by Crippen LogP contribution is -2.15. The highest BCUT2D eigenvalue weighted by Crippen LogP contribution is 2.26. The van der Waals surface area contributed by atoms with E-state index in [1.54, 1.807) is 31.2 Å². The minimum atomic E-state index is -4.02. The van der Waals surface area contributed by atoms with Crippen molar-refractivity contribution in [3.05, 3.63) is 70.8 Å². The van der Waals surface area contributed by atoms with E-state index >= 15 is 0 Å². The van der Waals surface area contributed by atoms with Gasteiger partial charge in [-0.15, -0.1) is 0 Å². The molecular weight excluding hydrogens is 346 g/mol. The lowest BCUT2D eigenvalue weighted by molar-refractivity contribution is -0.385. The maximum absolute atomic E-state index is 12.6. The number of nitro benzene ring substituents is 1. The first-order valence-electron chi connectivity index (χ1n) is 7.10. The van der Waals surface area contributed by atoms with Gasteiger partial charge in [0.05, 0.1) is 21.2 Å². The molecule has 0 saturated carbocycles. The molecule has 0 unspecified atom stereocenters. The van der Waals surface area contributed by atoms with Gasteiger partial charge >= 0.3 is 0 Å². The molecule has 9 nitrogen and oxygen atoms in total. The van der Waals surface area contributed by atoms with Gasteiger partial charge in [-0.1, -0.05) is 18.2 Å². The predicted octanol–water partition coefficient (Wildman–Crippen LogP) is 2.28. The number of anilines is 1. The van der Waals surface area contributed by atoms with E-state index in [4.69, 9.17) is 0 Å². The number of hydrogen-bond acceptors (Lipinski definition) is 6. The van der Waals surface area contributed by atoms with Crippen molar-refractivity contribution in [2.24, 2.45) is 0 Å². The largest absolute Gasteiger partial charge is 0.277 e. The van der Waals surface area contributed by atoms with Crippen LogP contribution in [0.3, 0.4) is 0 Å². The van der Waals surface area contributed by atoms with Crippen LogP contribution in [0.4, 0.5) is 11.4 Å². The van der Waals surface area contributed by atoms with Crippen LogP contribution in [0.1, 0.15) is 5.56 Å². The molecule has 1 heterocycles. The minimum Gasteiger partial charge on any atom is -0.277 e. The fraction of sp³-hybridized carbons (Fsp3) is 0.0667. The Balaban J connectivity index is 2.01. The number of aryl methyl sites for hydroxylation is 1. The van der Waals surface area contributed by atoms with Crippen LogP contribution in [-0.2, 0) is 10.0 Å². The van der Waals surface area contributed by atoms with E-state index in [0.717, 1.165) is 6.07 Å². The fourth-order valence-corrected chi connectivity index (χ4v) is 3.34. The number of rotatable bonds is 5. The van der Waals surface area contributed by atoms with Crippen LogP contribution >= 0.6 is 0 Å². The standard InChI is InChI=1S/C15H13N5O4S/c1-11-6-7-12(8-15(11)20(21)22)25(23,24)18-13-4-2-3-5-14(13)19-10-16-9-17-19/h2-10,18H,1H3. The third-order valence-electron chi connectivity index (χ3n) is 3.50. The highest BCUT2D eigenvalue weighted by Gasteiger charge is 2.21. The smallest absolute Gasteiger partial charge is 0.273 e. The average Bonchev–Trinajstić information content (AvgIpc) is 3.09. The lowest BCUT2D eigenvalue weighted by Gasteiger charge is -2.12. The monoisotopic (exact) mass is 359 g/mol. The molecule has 1 N–H and O–H groups in total. The molecule has 0 aliphatic heterocycles. The Hall–Kier alpha value is -3.27. The zero-order chi connectivity index (χ0) is 18.0. The van der Waals surface area contributed by atoms with E-state index < -0.39 is 14.9 Å². The number of hydrogen-bond donors (Lipinski definition) is 1. The van der Waals surface area contributed by atoms with Gasteiger partial charge in [0, 0.05) is 11.6 Å². The van der Waals surface area contributed by atoms with E-state index in [-0.39, 0.29) is 16.3 Å². The van der Waals surface area contributed by atoms with Crippen LogP contribution in [0.5, 0.6) is 0 Å². The van der Waals surface area contributed by atoms with Crippen molar-refractivity contribution in [1.29, 1.82) is 0 Å². The van der Waals surface area contributed by atoms with Gasteiger partial charge in [0.1, 0.15) is 12.7 Å². The molecule has 0 radical (unpaired) electrons. The first kappa shape index (κ1) is 16.6. The van der Waals surface area contributed by atoms with Gasteiger partial charge in [0.2, 0.25) is 0 Å². The average molecular weight is 359 g/mol. The zero-order valence-corrected chi connectivity index (χ0v) is 13.8. The Morgan fingerprint density at radius 3 is 2.64 bits per heavy atom. The van der Waals surface area contributed by atoms with Crippen molar-refractivity contribution in [3.8, 4) is 5.69 Å². The van der Waals surface area contributed by atoms with Crippen LogP contribution in [0.2, 0.25) is 0 Å². The first-order chi connectivity index (χ1) is 11.9. The highest BCUT2D eigenvalue weighted by molar-refractivity contribution is 7.92. The third-order valence-corrected chi connectivity index (χ3v) is 4.86. The molecule has 0 saturated heterocycles. The van der Waals surface area contributed by atoms with E-state index in [2.05, 4.69) is 14.8 Å². The topological polar surface area (TPSA) is 120 Å². The van der Waals surface area contributed by atoms with Crippen LogP contribution in [0.25, 0.3) is 5.69 Å². The van der Waals surface area contributed by atoms with Gasteiger partial charge in [-0.05, 0) is 25.1 Å². The summed E-state index contributed by atoms with van der Waals surface area (Å²) in [6.45, 7) is 1.54. The number of nitro groups is 1. The molecule has 0 aliphatic rings. The first-order valence-corrected chi connectivity index (χ1v) is 8.59. The normalized spacial score (nSPS) is 11.2. The molecule has 1 aromatic heterocycles. The van der Waals surface area contributed by atoms with Gasteiger partial charge in [-0.3, -0.25) is 14.8 Å². The van der Waals surface area contributed by atoms with Crippen molar-refractivity contribution < 1.29 is 13.3 Å². The van der Waals surface area contributed by atoms with Crippen LogP contribution in [0, 0.1) is 17.0 Å². The Labute approximate surface area is 143 Å². The summed E-state index contributed by atoms with van der Waals surface area (Å²) in [5.74, 6) is 0. The molecule has 2 aromatic carbocycles. The number of sulfonamides is 1. The van der Waals surface area contributed by atoms with Gasteiger partial charge in [0.25, 0.3) is 15.7 Å². The second-order valence-electron chi connectivity index (χ2n) is 5.17. The number of benzene rings is 2. The number of nitrogens with one attached hydrogen (secondary N) is 1. The maximum Gasteiger partial charge on any atom is 0.273 e. The van der Waals surface area contributed by atoms with Crippen molar-refractivity contribution >= 4 is 21.4 Å². The number of para-hydroxylation sites is 2. The Kier molecular flexibility index (Phi) is 4.19. The van der Waals surface area contributed by atoms with Crippen LogP contribution in [0.15, 0.2) is 60.0 Å². The summed E-state index contributed by atoms with van der Waals surface area (Å²) in [5, 5.41) is 15.0. The molecule has 3 aromatic rings. The highest BCUT2D eigenvalue weighted by atomic mass is 32.2. The van der Waals surface area contributed by atoms with Crippen molar-refractivity contribution in [2.75, 3.05) is 4.72 Å². The summed E-state index contributed by atoms with van der Waals surface area (Å²) < 4.78 is 29.1. The van der Waals surface area contributed by atoms with E-state index in [1.807, 2.05) is 0 Å². The molecule has 10 heteroatoms. The quantitative estimate of drug-likeness (QED) is 0.551. The summed E-state index contributed by atoms with van der Waals surface area (Å²) in [4.78, 5) is 14.1. The zero-order valence-electron chi connectivity index (χ0n) is 13.0. The van der Waals surface area contributed by atoms with Gasteiger partial charge in [-0.2, -0.15) is 5.10 Å². The van der Waals surface area contributed by atoms with Gasteiger partial charge in [0.15, 0.2) is 0 Å². The minimum absolute atomic E-state index is 0.196. The summed E-state index contributed by atoms with van der Waals surface area (Å²) in [6.07, 6.45) is 2.76. The predicted molar refractivity (Wildman–Crippen MR) is 90.0 cm³/mol. The van der Waals surface area contributed by atoms with Gasteiger partial charge < -0.3 is 0 Å². The van der Waals surface area contributed by atoms with Crippen molar-refractivity contribution in [2.45, 2.75) is 11.8 Å². The summed E-state index contributed by atoms with van der Waals surface area (Å²) in [6, 6.07) is 10.4.